The van der Waals surface area contributed by atoms with Gasteiger partial charge in [-0.1, -0.05) is 36.7 Å². The minimum atomic E-state index is -0.233. The summed E-state index contributed by atoms with van der Waals surface area (Å²) in [7, 11) is 1.85. The molecule has 2 aromatic carbocycles. The second-order valence-corrected chi connectivity index (χ2v) is 12.0. The topological polar surface area (TPSA) is 56.1 Å². The molecule has 0 bridgehead atoms. The molecule has 2 aliphatic heterocycles. The van der Waals surface area contributed by atoms with Crippen LogP contribution in [0.5, 0.6) is 0 Å². The fourth-order valence-corrected chi connectivity index (χ4v) is 7.51. The molecule has 0 amide bonds. The highest BCUT2D eigenvalue weighted by molar-refractivity contribution is 6.34. The van der Waals surface area contributed by atoms with Crippen LogP contribution in [0, 0.1) is 5.92 Å². The molecule has 1 N–H and O–H groups in total. The Labute approximate surface area is 232 Å². The van der Waals surface area contributed by atoms with Gasteiger partial charge in [0.1, 0.15) is 5.84 Å². The number of carbonyl (C=O) groups excluding carboxylic acids is 1. The Morgan fingerprint density at radius 2 is 1.82 bits per heavy atom. The predicted molar refractivity (Wildman–Crippen MR) is 157 cm³/mol. The number of aliphatic hydroxyl groups excluding tert-OH is 1. The number of carbonyl (C=O) groups is 1. The Hall–Kier alpha value is -2.21. The molecular weight excluding hydrogens is 494 g/mol. The van der Waals surface area contributed by atoms with Gasteiger partial charge in [-0.3, -0.25) is 14.7 Å². The maximum Gasteiger partial charge on any atom is 0.153 e. The van der Waals surface area contributed by atoms with Crippen LogP contribution >= 0.6 is 11.6 Å². The Balaban J connectivity index is 1.40. The number of amidine groups is 1. The van der Waals surface area contributed by atoms with Gasteiger partial charge in [-0.25, -0.2) is 0 Å². The number of aldehydes is 1. The van der Waals surface area contributed by atoms with Gasteiger partial charge in [-0.15, -0.1) is 0 Å². The number of aliphatic imine (C=N–C) groups is 1. The molecule has 0 aromatic heterocycles. The molecule has 1 saturated carbocycles. The highest BCUT2D eigenvalue weighted by atomic mass is 35.5. The third kappa shape index (κ3) is 4.82. The maximum atomic E-state index is 12.1. The first-order chi connectivity index (χ1) is 18.4. The van der Waals surface area contributed by atoms with E-state index in [0.29, 0.717) is 35.1 Å². The fraction of sp³-hybridized carbons (Fsp3) is 0.562. The number of fused-ring (bicyclic) bond motifs is 1. The molecule has 6 heteroatoms. The van der Waals surface area contributed by atoms with E-state index in [4.69, 9.17) is 16.6 Å². The number of anilines is 2. The molecular formula is C32H42ClN3O2. The van der Waals surface area contributed by atoms with Crippen molar-refractivity contribution in [3.05, 3.63) is 58.1 Å². The summed E-state index contributed by atoms with van der Waals surface area (Å²) in [6.45, 7) is 7.10. The van der Waals surface area contributed by atoms with E-state index in [0.717, 1.165) is 49.4 Å². The minimum Gasteiger partial charge on any atom is -0.396 e. The minimum absolute atomic E-state index is 0.233. The summed E-state index contributed by atoms with van der Waals surface area (Å²) in [6.07, 6.45) is 10.2. The van der Waals surface area contributed by atoms with Crippen LogP contribution in [0.25, 0.3) is 0 Å². The lowest BCUT2D eigenvalue weighted by Crippen LogP contribution is -2.42. The molecule has 3 aliphatic rings. The molecule has 204 valence electrons. The number of rotatable bonds is 7. The van der Waals surface area contributed by atoms with E-state index in [-0.39, 0.29) is 5.41 Å². The Kier molecular flexibility index (Phi) is 8.27. The van der Waals surface area contributed by atoms with Crippen molar-refractivity contribution < 1.29 is 9.90 Å². The highest BCUT2D eigenvalue weighted by Gasteiger charge is 2.45. The van der Waals surface area contributed by atoms with Crippen molar-refractivity contribution in [3.8, 4) is 0 Å². The van der Waals surface area contributed by atoms with Gasteiger partial charge in [-0.2, -0.15) is 0 Å². The van der Waals surface area contributed by atoms with Gasteiger partial charge in [0.05, 0.1) is 27.4 Å². The van der Waals surface area contributed by atoms with Crippen LogP contribution < -0.4 is 4.90 Å². The van der Waals surface area contributed by atoms with Crippen LogP contribution in [0.15, 0.2) is 41.4 Å². The van der Waals surface area contributed by atoms with Crippen LogP contribution in [-0.2, 0) is 5.41 Å². The van der Waals surface area contributed by atoms with Gasteiger partial charge in [-0.05, 0) is 113 Å². The Bertz CT molecular complexity index is 1180. The summed E-state index contributed by atoms with van der Waals surface area (Å²) in [5, 5.41) is 9.74. The van der Waals surface area contributed by atoms with Gasteiger partial charge in [0.15, 0.2) is 6.29 Å². The lowest BCUT2D eigenvalue weighted by atomic mass is 9.79. The first kappa shape index (κ1) is 27.4. The van der Waals surface area contributed by atoms with Crippen molar-refractivity contribution in [3.63, 3.8) is 0 Å². The summed E-state index contributed by atoms with van der Waals surface area (Å²) in [6, 6.07) is 13.4. The van der Waals surface area contributed by atoms with Crippen molar-refractivity contribution in [2.24, 2.45) is 10.9 Å². The number of likely N-dealkylation sites (tertiary alicyclic amines) is 1. The zero-order valence-corrected chi connectivity index (χ0v) is 23.9. The van der Waals surface area contributed by atoms with E-state index in [1.54, 1.807) is 6.07 Å². The van der Waals surface area contributed by atoms with E-state index >= 15 is 0 Å². The predicted octanol–water partition coefficient (Wildman–Crippen LogP) is 7.12. The molecule has 1 saturated heterocycles. The molecule has 5 rings (SSSR count). The van der Waals surface area contributed by atoms with E-state index in [2.05, 4.69) is 41.8 Å². The quantitative estimate of drug-likeness (QED) is 0.383. The number of benzene rings is 2. The number of nitrogens with zero attached hydrogens (tertiary/aromatic N) is 3. The smallest absolute Gasteiger partial charge is 0.153 e. The standard InChI is InChI=1S/C32H42ClN3O2/c1-4-32(2)27-13-10-24(23-14-17-35(18-15-23)25-11-8-22(9-12-25)16-19-37)20-30(27)36(31(32)34-3)29-7-5-6-28(33)26(29)21-38/h5-7,10,13,20-23,25,37H,4,8-9,11-12,14-19H2,1-3H3. The summed E-state index contributed by atoms with van der Waals surface area (Å²) in [4.78, 5) is 21.8. The number of hydrogen-bond donors (Lipinski definition) is 1. The third-order valence-electron chi connectivity index (χ3n) is 9.74. The van der Waals surface area contributed by atoms with Crippen LogP contribution in [0.2, 0.25) is 5.02 Å². The first-order valence-corrected chi connectivity index (χ1v) is 14.8. The second kappa shape index (κ2) is 11.5. The molecule has 0 spiro atoms. The number of halogens is 1. The largest absolute Gasteiger partial charge is 0.396 e. The molecule has 1 aliphatic carbocycles. The molecule has 0 radical (unpaired) electrons. The lowest BCUT2D eigenvalue weighted by molar-refractivity contribution is 0.101. The van der Waals surface area contributed by atoms with E-state index in [1.807, 2.05) is 19.2 Å². The molecule has 2 fully saturated rings. The van der Waals surface area contributed by atoms with Crippen molar-refractivity contribution in [1.29, 1.82) is 0 Å². The summed E-state index contributed by atoms with van der Waals surface area (Å²) in [5.41, 5.74) is 4.85. The molecule has 2 aromatic rings. The number of aliphatic hydroxyl groups is 1. The van der Waals surface area contributed by atoms with Crippen molar-refractivity contribution >= 4 is 35.1 Å². The number of piperidine rings is 1. The van der Waals surface area contributed by atoms with E-state index in [9.17, 15) is 9.90 Å². The average Bonchev–Trinajstić information content (AvgIpc) is 3.21. The van der Waals surface area contributed by atoms with Gasteiger partial charge in [0.2, 0.25) is 0 Å². The van der Waals surface area contributed by atoms with Gasteiger partial charge >= 0.3 is 0 Å². The SMILES string of the molecule is CCC1(C)C(=NC)N(c2cccc(Cl)c2C=O)c2cc(C3CCN(C4CCC(CCO)CC4)CC3)ccc21. The van der Waals surface area contributed by atoms with Crippen LogP contribution in [-0.4, -0.2) is 54.9 Å². The van der Waals surface area contributed by atoms with Crippen LogP contribution in [0.1, 0.15) is 92.6 Å². The fourth-order valence-electron chi connectivity index (χ4n) is 7.29. The first-order valence-electron chi connectivity index (χ1n) is 14.5. The number of hydrogen-bond acceptors (Lipinski definition) is 4. The zero-order chi connectivity index (χ0) is 26.9. The molecule has 1 unspecified atom stereocenters. The summed E-state index contributed by atoms with van der Waals surface area (Å²) < 4.78 is 0. The van der Waals surface area contributed by atoms with Crippen molar-refractivity contribution in [1.82, 2.24) is 4.90 Å². The summed E-state index contributed by atoms with van der Waals surface area (Å²) in [5.74, 6) is 2.21. The van der Waals surface area contributed by atoms with E-state index in [1.165, 1.54) is 49.7 Å². The highest BCUT2D eigenvalue weighted by Crippen LogP contribution is 2.50. The third-order valence-corrected chi connectivity index (χ3v) is 10.1. The normalized spacial score (nSPS) is 27.6. The van der Waals surface area contributed by atoms with E-state index < -0.39 is 0 Å². The molecule has 2 heterocycles. The molecule has 38 heavy (non-hydrogen) atoms. The Morgan fingerprint density at radius 3 is 2.45 bits per heavy atom. The molecule has 5 nitrogen and oxygen atoms in total. The Morgan fingerprint density at radius 1 is 1.08 bits per heavy atom. The zero-order valence-electron chi connectivity index (χ0n) is 23.1. The molecule has 1 atom stereocenters. The van der Waals surface area contributed by atoms with Gasteiger partial charge in [0.25, 0.3) is 0 Å². The van der Waals surface area contributed by atoms with Crippen LogP contribution in [0.4, 0.5) is 11.4 Å². The second-order valence-electron chi connectivity index (χ2n) is 11.6. The van der Waals surface area contributed by atoms with Crippen LogP contribution in [0.3, 0.4) is 0 Å². The monoisotopic (exact) mass is 535 g/mol. The van der Waals surface area contributed by atoms with Gasteiger partial charge in [0, 0.05) is 19.7 Å². The lowest BCUT2D eigenvalue weighted by Gasteiger charge is -2.41. The maximum absolute atomic E-state index is 12.1. The van der Waals surface area contributed by atoms with Gasteiger partial charge < -0.3 is 10.0 Å². The average molecular weight is 536 g/mol. The summed E-state index contributed by atoms with van der Waals surface area (Å²) >= 11 is 6.47. The van der Waals surface area contributed by atoms with Crippen molar-refractivity contribution in [2.75, 3.05) is 31.6 Å². The van der Waals surface area contributed by atoms with Crippen molar-refractivity contribution in [2.45, 2.75) is 82.6 Å².